The van der Waals surface area contributed by atoms with Gasteiger partial charge in [-0.05, 0) is 47.7 Å². The smallest absolute Gasteiger partial charge is 0.242 e. The maximum atomic E-state index is 12.7. The van der Waals surface area contributed by atoms with Crippen molar-refractivity contribution in [3.8, 4) is 0 Å². The monoisotopic (exact) mass is 327 g/mol. The maximum absolute atomic E-state index is 12.7. The number of carbonyl (C=O) groups is 1. The van der Waals surface area contributed by atoms with Gasteiger partial charge in [0, 0.05) is 3.57 Å². The van der Waals surface area contributed by atoms with E-state index in [1.807, 2.05) is 22.6 Å². The molecule has 1 unspecified atom stereocenters. The highest BCUT2D eigenvalue weighted by Crippen LogP contribution is 2.19. The maximum Gasteiger partial charge on any atom is 0.242 e. The van der Waals surface area contributed by atoms with E-state index in [4.69, 9.17) is 11.6 Å². The first-order chi connectivity index (χ1) is 6.50. The van der Waals surface area contributed by atoms with Crippen LogP contribution in [0.4, 0.5) is 10.1 Å². The number of alkyl halides is 1. The highest BCUT2D eigenvalue weighted by atomic mass is 127. The van der Waals surface area contributed by atoms with E-state index in [1.54, 1.807) is 6.92 Å². The van der Waals surface area contributed by atoms with Crippen molar-refractivity contribution in [1.29, 1.82) is 0 Å². The summed E-state index contributed by atoms with van der Waals surface area (Å²) in [6, 6.07) is 4.14. The molecule has 1 aromatic rings. The average Bonchev–Trinajstić information content (AvgIpc) is 2.09. The summed E-state index contributed by atoms with van der Waals surface area (Å²) in [4.78, 5) is 11.2. The van der Waals surface area contributed by atoms with E-state index in [9.17, 15) is 9.18 Å². The normalized spacial score (nSPS) is 12.3. The Kier molecular flexibility index (Phi) is 4.12. The lowest BCUT2D eigenvalue weighted by Crippen LogP contribution is -2.20. The lowest BCUT2D eigenvalue weighted by molar-refractivity contribution is -0.115. The van der Waals surface area contributed by atoms with E-state index in [0.717, 1.165) is 0 Å². The Morgan fingerprint density at radius 1 is 1.64 bits per heavy atom. The molecule has 0 fully saturated rings. The van der Waals surface area contributed by atoms with Gasteiger partial charge in [-0.15, -0.1) is 11.6 Å². The van der Waals surface area contributed by atoms with Crippen LogP contribution in [0.1, 0.15) is 6.92 Å². The third-order valence-corrected chi connectivity index (χ3v) is 2.64. The molecule has 0 aliphatic carbocycles. The Balaban J connectivity index is 2.82. The molecule has 5 heteroatoms. The van der Waals surface area contributed by atoms with Crippen LogP contribution in [0.15, 0.2) is 18.2 Å². The molecule has 1 atom stereocenters. The fourth-order valence-electron chi connectivity index (χ4n) is 0.823. The Labute approximate surface area is 100.0 Å². The average molecular weight is 328 g/mol. The zero-order valence-electron chi connectivity index (χ0n) is 7.35. The molecule has 0 saturated carbocycles. The van der Waals surface area contributed by atoms with Crippen LogP contribution in [-0.4, -0.2) is 11.3 Å². The van der Waals surface area contributed by atoms with Crippen LogP contribution in [0, 0.1) is 9.39 Å². The van der Waals surface area contributed by atoms with Crippen LogP contribution < -0.4 is 5.32 Å². The van der Waals surface area contributed by atoms with Crippen LogP contribution in [0.3, 0.4) is 0 Å². The number of amides is 1. The van der Waals surface area contributed by atoms with Crippen LogP contribution in [0.5, 0.6) is 0 Å². The van der Waals surface area contributed by atoms with Crippen molar-refractivity contribution < 1.29 is 9.18 Å². The van der Waals surface area contributed by atoms with Gasteiger partial charge in [0.1, 0.15) is 11.2 Å². The lowest BCUT2D eigenvalue weighted by Gasteiger charge is -2.08. The molecule has 0 heterocycles. The topological polar surface area (TPSA) is 29.1 Å². The molecule has 0 radical (unpaired) electrons. The number of nitrogens with one attached hydrogen (secondary N) is 1. The van der Waals surface area contributed by atoms with E-state index in [2.05, 4.69) is 5.32 Å². The summed E-state index contributed by atoms with van der Waals surface area (Å²) in [6.45, 7) is 1.58. The van der Waals surface area contributed by atoms with Gasteiger partial charge in [-0.1, -0.05) is 0 Å². The summed E-state index contributed by atoms with van der Waals surface area (Å²) in [5, 5.41) is 1.99. The Morgan fingerprint density at radius 2 is 2.29 bits per heavy atom. The lowest BCUT2D eigenvalue weighted by atomic mass is 10.3. The molecule has 0 saturated heterocycles. The van der Waals surface area contributed by atoms with Crippen molar-refractivity contribution in [3.05, 3.63) is 27.6 Å². The van der Waals surface area contributed by atoms with E-state index in [1.165, 1.54) is 18.2 Å². The second-order valence-electron chi connectivity index (χ2n) is 2.73. The van der Waals surface area contributed by atoms with Crippen molar-refractivity contribution in [1.82, 2.24) is 0 Å². The fraction of sp³-hybridized carbons (Fsp3) is 0.222. The van der Waals surface area contributed by atoms with Crippen LogP contribution >= 0.6 is 34.2 Å². The summed E-state index contributed by atoms with van der Waals surface area (Å²) < 4.78 is 13.3. The Morgan fingerprint density at radius 3 is 2.79 bits per heavy atom. The summed E-state index contributed by atoms with van der Waals surface area (Å²) in [5.74, 6) is -0.623. The van der Waals surface area contributed by atoms with Gasteiger partial charge < -0.3 is 5.32 Å². The highest BCUT2D eigenvalue weighted by molar-refractivity contribution is 14.1. The minimum atomic E-state index is -0.601. The van der Waals surface area contributed by atoms with Crippen molar-refractivity contribution >= 4 is 45.8 Å². The number of halogens is 3. The molecule has 0 aromatic heterocycles. The Hall–Kier alpha value is -0.360. The Bertz CT molecular complexity index is 357. The minimum absolute atomic E-state index is 0.295. The predicted octanol–water partition coefficient (Wildman–Crippen LogP) is 3.00. The summed E-state index contributed by atoms with van der Waals surface area (Å²) in [7, 11) is 0. The van der Waals surface area contributed by atoms with Gasteiger partial charge in [-0.3, -0.25) is 4.79 Å². The summed E-state index contributed by atoms with van der Waals surface area (Å²) in [5.41, 5.74) is 0.574. The molecule has 1 rings (SSSR count). The summed E-state index contributed by atoms with van der Waals surface area (Å²) >= 11 is 7.52. The van der Waals surface area contributed by atoms with Gasteiger partial charge >= 0.3 is 0 Å². The van der Waals surface area contributed by atoms with Crippen LogP contribution in [-0.2, 0) is 4.79 Å². The number of hydrogen-bond acceptors (Lipinski definition) is 1. The van der Waals surface area contributed by atoms with Crippen molar-refractivity contribution in [2.45, 2.75) is 12.3 Å². The molecule has 76 valence electrons. The van der Waals surface area contributed by atoms with Crippen molar-refractivity contribution in [3.63, 3.8) is 0 Å². The highest BCUT2D eigenvalue weighted by Gasteiger charge is 2.10. The van der Waals surface area contributed by atoms with Gasteiger partial charge in [0.05, 0.1) is 5.69 Å². The largest absolute Gasteiger partial charge is 0.324 e. The number of hydrogen-bond donors (Lipinski definition) is 1. The van der Waals surface area contributed by atoms with Gasteiger partial charge in [0.15, 0.2) is 0 Å². The van der Waals surface area contributed by atoms with Gasteiger partial charge in [0.25, 0.3) is 0 Å². The molecule has 0 spiro atoms. The molecule has 1 N–H and O–H groups in total. The molecule has 2 nitrogen and oxygen atoms in total. The first kappa shape index (κ1) is 11.7. The van der Waals surface area contributed by atoms with Gasteiger partial charge in [-0.25, -0.2) is 4.39 Å². The molecule has 0 bridgehead atoms. The van der Waals surface area contributed by atoms with Crippen molar-refractivity contribution in [2.24, 2.45) is 0 Å². The van der Waals surface area contributed by atoms with Crippen LogP contribution in [0.2, 0.25) is 0 Å². The zero-order chi connectivity index (χ0) is 10.7. The number of anilines is 1. The first-order valence-electron chi connectivity index (χ1n) is 3.90. The molecule has 14 heavy (non-hydrogen) atoms. The second kappa shape index (κ2) is 4.93. The standard InChI is InChI=1S/C9H8ClFINO/c1-5(10)9(14)13-8-3-2-6(11)4-7(8)12/h2-5H,1H3,(H,13,14). The minimum Gasteiger partial charge on any atom is -0.324 e. The zero-order valence-corrected chi connectivity index (χ0v) is 10.3. The summed E-state index contributed by atoms with van der Waals surface area (Å²) in [6.07, 6.45) is 0. The third kappa shape index (κ3) is 3.09. The third-order valence-electron chi connectivity index (χ3n) is 1.55. The molecular formula is C9H8ClFINO. The first-order valence-corrected chi connectivity index (χ1v) is 5.42. The number of carbonyl (C=O) groups excluding carboxylic acids is 1. The second-order valence-corrected chi connectivity index (χ2v) is 4.55. The van der Waals surface area contributed by atoms with E-state index < -0.39 is 5.38 Å². The van der Waals surface area contributed by atoms with E-state index >= 15 is 0 Å². The molecule has 0 aliphatic heterocycles. The number of rotatable bonds is 2. The number of benzene rings is 1. The molecule has 1 amide bonds. The SMILES string of the molecule is CC(Cl)C(=O)Nc1ccc(F)cc1I. The molecule has 1 aromatic carbocycles. The van der Waals surface area contributed by atoms with E-state index in [0.29, 0.717) is 9.26 Å². The van der Waals surface area contributed by atoms with E-state index in [-0.39, 0.29) is 11.7 Å². The van der Waals surface area contributed by atoms with Gasteiger partial charge in [0.2, 0.25) is 5.91 Å². The fourth-order valence-corrected chi connectivity index (χ4v) is 1.49. The molecule has 0 aliphatic rings. The molecular weight excluding hydrogens is 319 g/mol. The van der Waals surface area contributed by atoms with Crippen LogP contribution in [0.25, 0.3) is 0 Å². The van der Waals surface area contributed by atoms with Gasteiger partial charge in [-0.2, -0.15) is 0 Å². The predicted molar refractivity (Wildman–Crippen MR) is 63.1 cm³/mol. The quantitative estimate of drug-likeness (QED) is 0.657. The van der Waals surface area contributed by atoms with Crippen molar-refractivity contribution in [2.75, 3.05) is 5.32 Å².